The molecule has 0 radical (unpaired) electrons. The summed E-state index contributed by atoms with van der Waals surface area (Å²) in [6.45, 7) is 0. The molecule has 2 heteroatoms. The number of benzene rings is 1. The summed E-state index contributed by atoms with van der Waals surface area (Å²) in [6, 6.07) is 9.59. The molecule has 0 fully saturated rings. The molecule has 0 saturated carbocycles. The van der Waals surface area contributed by atoms with Crippen LogP contribution in [0.15, 0.2) is 36.4 Å². The van der Waals surface area contributed by atoms with E-state index in [1.54, 1.807) is 6.08 Å². The summed E-state index contributed by atoms with van der Waals surface area (Å²) in [5.41, 5.74) is 0.989. The van der Waals surface area contributed by atoms with Crippen LogP contribution in [-0.2, 0) is 9.53 Å². The Kier molecular flexibility index (Phi) is 3.08. The predicted molar refractivity (Wildman–Crippen MR) is 47.5 cm³/mol. The van der Waals surface area contributed by atoms with E-state index in [4.69, 9.17) is 0 Å². The van der Waals surface area contributed by atoms with Gasteiger partial charge in [0.15, 0.2) is 0 Å². The third-order valence-corrected chi connectivity index (χ3v) is 1.41. The second-order valence-electron chi connectivity index (χ2n) is 2.27. The normalized spacial score (nSPS) is 10.1. The van der Waals surface area contributed by atoms with Crippen LogP contribution in [0.1, 0.15) is 5.56 Å². The highest BCUT2D eigenvalue weighted by molar-refractivity contribution is 5.86. The monoisotopic (exact) mass is 162 g/mol. The number of hydrogen-bond acceptors (Lipinski definition) is 2. The lowest BCUT2D eigenvalue weighted by Gasteiger charge is -1.91. The quantitative estimate of drug-likeness (QED) is 0.490. The first-order valence-corrected chi connectivity index (χ1v) is 3.64. The van der Waals surface area contributed by atoms with Crippen molar-refractivity contribution in [1.29, 1.82) is 0 Å². The fraction of sp³-hybridized carbons (Fsp3) is 0.100. The molecule has 0 unspecified atom stereocenters. The minimum absolute atomic E-state index is 0.334. The second kappa shape index (κ2) is 4.34. The van der Waals surface area contributed by atoms with E-state index in [1.165, 1.54) is 13.2 Å². The summed E-state index contributed by atoms with van der Waals surface area (Å²) in [6.07, 6.45) is 3.11. The van der Waals surface area contributed by atoms with Crippen molar-refractivity contribution >= 4 is 12.0 Å². The van der Waals surface area contributed by atoms with E-state index in [0.29, 0.717) is 0 Å². The van der Waals surface area contributed by atoms with Gasteiger partial charge in [0.2, 0.25) is 0 Å². The Bertz CT molecular complexity index is 275. The highest BCUT2D eigenvalue weighted by Gasteiger charge is 1.89. The molecule has 0 aliphatic carbocycles. The maximum atomic E-state index is 10.7. The highest BCUT2D eigenvalue weighted by atomic mass is 16.5. The summed E-state index contributed by atoms with van der Waals surface area (Å²) in [7, 11) is 1.36. The number of carbonyl (C=O) groups excluding carboxylic acids is 1. The lowest BCUT2D eigenvalue weighted by atomic mass is 10.2. The van der Waals surface area contributed by atoms with Gasteiger partial charge in [0.05, 0.1) is 7.11 Å². The Morgan fingerprint density at radius 2 is 2.00 bits per heavy atom. The molecule has 0 saturated heterocycles. The fourth-order valence-corrected chi connectivity index (χ4v) is 0.796. The zero-order valence-electron chi connectivity index (χ0n) is 6.86. The molecule has 1 aromatic carbocycles. The van der Waals surface area contributed by atoms with Crippen molar-refractivity contribution < 1.29 is 9.53 Å². The van der Waals surface area contributed by atoms with Crippen molar-refractivity contribution in [3.8, 4) is 0 Å². The first kappa shape index (κ1) is 8.53. The second-order valence-corrected chi connectivity index (χ2v) is 2.27. The van der Waals surface area contributed by atoms with Gasteiger partial charge in [-0.05, 0) is 11.6 Å². The van der Waals surface area contributed by atoms with Crippen LogP contribution in [0.25, 0.3) is 6.08 Å². The standard InChI is InChI=1S/C10H10O2/c1-12-10(11)8-7-9-5-3-2-4-6-9/h2-8H,1H3/b8-7-. The molecule has 1 aromatic rings. The molecule has 0 aliphatic rings. The van der Waals surface area contributed by atoms with Gasteiger partial charge in [-0.1, -0.05) is 30.3 Å². The third kappa shape index (κ3) is 2.58. The summed E-state index contributed by atoms with van der Waals surface area (Å²) >= 11 is 0. The summed E-state index contributed by atoms with van der Waals surface area (Å²) in [5, 5.41) is 0. The van der Waals surface area contributed by atoms with Gasteiger partial charge in [0.1, 0.15) is 0 Å². The van der Waals surface area contributed by atoms with E-state index in [0.717, 1.165) is 5.56 Å². The molecule has 62 valence electrons. The fourth-order valence-electron chi connectivity index (χ4n) is 0.796. The van der Waals surface area contributed by atoms with Gasteiger partial charge < -0.3 is 4.74 Å². The van der Waals surface area contributed by atoms with E-state index in [9.17, 15) is 4.79 Å². The largest absolute Gasteiger partial charge is 0.466 e. The van der Waals surface area contributed by atoms with Crippen LogP contribution < -0.4 is 0 Å². The maximum absolute atomic E-state index is 10.7. The van der Waals surface area contributed by atoms with Crippen molar-refractivity contribution in [1.82, 2.24) is 0 Å². The van der Waals surface area contributed by atoms with Gasteiger partial charge in [-0.15, -0.1) is 0 Å². The molecule has 0 heterocycles. The Balaban J connectivity index is 2.64. The van der Waals surface area contributed by atoms with Gasteiger partial charge in [-0.25, -0.2) is 4.79 Å². The van der Waals surface area contributed by atoms with E-state index in [2.05, 4.69) is 4.74 Å². The molecule has 12 heavy (non-hydrogen) atoms. The van der Waals surface area contributed by atoms with Crippen LogP contribution >= 0.6 is 0 Å². The zero-order valence-corrected chi connectivity index (χ0v) is 6.86. The van der Waals surface area contributed by atoms with Crippen LogP contribution in [0.3, 0.4) is 0 Å². The van der Waals surface area contributed by atoms with Crippen molar-refractivity contribution in [3.63, 3.8) is 0 Å². The van der Waals surface area contributed by atoms with Crippen LogP contribution in [0.2, 0.25) is 0 Å². The number of carbonyl (C=O) groups is 1. The van der Waals surface area contributed by atoms with Gasteiger partial charge >= 0.3 is 5.97 Å². The average molecular weight is 162 g/mol. The van der Waals surface area contributed by atoms with E-state index in [1.807, 2.05) is 30.3 Å². The number of rotatable bonds is 2. The lowest BCUT2D eigenvalue weighted by Crippen LogP contribution is -1.92. The predicted octanol–water partition coefficient (Wildman–Crippen LogP) is 1.87. The molecule has 2 nitrogen and oxygen atoms in total. The molecule has 0 bridgehead atoms. The Morgan fingerprint density at radius 3 is 2.58 bits per heavy atom. The minimum Gasteiger partial charge on any atom is -0.466 e. The first-order chi connectivity index (χ1) is 5.83. The molecule has 0 aromatic heterocycles. The Morgan fingerprint density at radius 1 is 1.33 bits per heavy atom. The first-order valence-electron chi connectivity index (χ1n) is 3.64. The van der Waals surface area contributed by atoms with Crippen LogP contribution in [0, 0.1) is 0 Å². The highest BCUT2D eigenvalue weighted by Crippen LogP contribution is 2.00. The molecule has 0 aliphatic heterocycles. The van der Waals surface area contributed by atoms with Crippen molar-refractivity contribution in [2.45, 2.75) is 0 Å². The third-order valence-electron chi connectivity index (χ3n) is 1.41. The van der Waals surface area contributed by atoms with Crippen molar-refractivity contribution in [2.24, 2.45) is 0 Å². The van der Waals surface area contributed by atoms with E-state index < -0.39 is 0 Å². The molecule has 0 spiro atoms. The van der Waals surface area contributed by atoms with E-state index in [-0.39, 0.29) is 5.97 Å². The van der Waals surface area contributed by atoms with E-state index >= 15 is 0 Å². The van der Waals surface area contributed by atoms with Crippen LogP contribution in [0.4, 0.5) is 0 Å². The molecule has 0 amide bonds. The van der Waals surface area contributed by atoms with Crippen LogP contribution in [-0.4, -0.2) is 13.1 Å². The number of methoxy groups -OCH3 is 1. The van der Waals surface area contributed by atoms with Gasteiger partial charge in [0.25, 0.3) is 0 Å². The number of esters is 1. The average Bonchev–Trinajstić information content (AvgIpc) is 2.16. The summed E-state index contributed by atoms with van der Waals surface area (Å²) < 4.78 is 4.45. The smallest absolute Gasteiger partial charge is 0.330 e. The SMILES string of the molecule is COC(=O)/C=C\c1ccccc1. The topological polar surface area (TPSA) is 26.3 Å². The molecule has 0 N–H and O–H groups in total. The van der Waals surface area contributed by atoms with Crippen molar-refractivity contribution in [3.05, 3.63) is 42.0 Å². The van der Waals surface area contributed by atoms with Gasteiger partial charge in [-0.3, -0.25) is 0 Å². The van der Waals surface area contributed by atoms with Crippen molar-refractivity contribution in [2.75, 3.05) is 7.11 Å². The molecule has 1 rings (SSSR count). The molecular formula is C10H10O2. The molecule has 0 atom stereocenters. The summed E-state index contributed by atoms with van der Waals surface area (Å²) in [4.78, 5) is 10.7. The van der Waals surface area contributed by atoms with Crippen LogP contribution in [0.5, 0.6) is 0 Å². The number of hydrogen-bond donors (Lipinski definition) is 0. The van der Waals surface area contributed by atoms with Gasteiger partial charge in [-0.2, -0.15) is 0 Å². The molecular weight excluding hydrogens is 152 g/mol. The Hall–Kier alpha value is -1.57. The van der Waals surface area contributed by atoms with Gasteiger partial charge in [0, 0.05) is 6.08 Å². The summed E-state index contributed by atoms with van der Waals surface area (Å²) in [5.74, 6) is -0.334. The maximum Gasteiger partial charge on any atom is 0.330 e. The minimum atomic E-state index is -0.334. The Labute approximate surface area is 71.5 Å². The lowest BCUT2D eigenvalue weighted by molar-refractivity contribution is -0.134. The zero-order chi connectivity index (χ0) is 8.81. The number of ether oxygens (including phenoxy) is 1.